The van der Waals surface area contributed by atoms with Crippen LogP contribution in [0.2, 0.25) is 0 Å². The van der Waals surface area contributed by atoms with E-state index in [-0.39, 0.29) is 17.5 Å². The quantitative estimate of drug-likeness (QED) is 0.363. The summed E-state index contributed by atoms with van der Waals surface area (Å²) in [5.41, 5.74) is 2.45. The molecule has 0 spiro atoms. The zero-order valence-electron chi connectivity index (χ0n) is 19.7. The number of rotatable bonds is 7. The second-order valence-corrected chi connectivity index (χ2v) is 10.3. The Kier molecular flexibility index (Phi) is 6.73. The molecule has 0 atom stereocenters. The molecular formula is C28H29FN2O3S. The smallest absolute Gasteiger partial charge is 0.287 e. The normalized spacial score (nSPS) is 16.0. The molecule has 2 aromatic carbocycles. The lowest BCUT2D eigenvalue weighted by molar-refractivity contribution is -0.0274. The molecule has 2 aromatic heterocycles. The lowest BCUT2D eigenvalue weighted by Gasteiger charge is -2.38. The van der Waals surface area contributed by atoms with E-state index in [9.17, 15) is 14.3 Å². The van der Waals surface area contributed by atoms with Crippen LogP contribution < -0.4 is 5.32 Å². The summed E-state index contributed by atoms with van der Waals surface area (Å²) in [6, 6.07) is 16.0. The highest BCUT2D eigenvalue weighted by molar-refractivity contribution is 7.10. The number of aliphatic hydroxyl groups is 1. The summed E-state index contributed by atoms with van der Waals surface area (Å²) in [6.07, 6.45) is 1.72. The van der Waals surface area contributed by atoms with Crippen molar-refractivity contribution in [3.63, 3.8) is 0 Å². The molecule has 4 aromatic rings. The molecule has 0 saturated carbocycles. The Morgan fingerprint density at radius 3 is 2.71 bits per heavy atom. The number of piperidine rings is 1. The van der Waals surface area contributed by atoms with E-state index in [4.69, 9.17) is 4.42 Å². The largest absolute Gasteiger partial charge is 0.451 e. The van der Waals surface area contributed by atoms with E-state index in [1.54, 1.807) is 35.6 Å². The standard InChI is InChI=1S/C28H29FN2O3S/c1-19-9-15-35-26(19)18-31-13-10-28(33,11-14-31)22-6-7-24-21(16-22)17-25(34-24)27(32)30-12-8-20-4-2-3-5-23(20)29/h2-7,9,15-17,33H,8,10-14,18H2,1H3,(H,30,32). The van der Waals surface area contributed by atoms with E-state index in [1.165, 1.54) is 16.5 Å². The Morgan fingerprint density at radius 2 is 1.97 bits per heavy atom. The first-order chi connectivity index (χ1) is 16.9. The van der Waals surface area contributed by atoms with E-state index in [1.807, 2.05) is 18.2 Å². The van der Waals surface area contributed by atoms with Crippen LogP contribution in [0.4, 0.5) is 4.39 Å². The highest BCUT2D eigenvalue weighted by atomic mass is 32.1. The fourth-order valence-electron chi connectivity index (χ4n) is 4.68. The average molecular weight is 493 g/mol. The molecule has 2 N–H and O–H groups in total. The van der Waals surface area contributed by atoms with E-state index < -0.39 is 5.60 Å². The van der Waals surface area contributed by atoms with E-state index in [0.717, 1.165) is 30.6 Å². The second-order valence-electron chi connectivity index (χ2n) is 9.30. The molecule has 1 aliphatic heterocycles. The molecule has 1 saturated heterocycles. The summed E-state index contributed by atoms with van der Waals surface area (Å²) >= 11 is 1.79. The molecule has 7 heteroatoms. The molecule has 3 heterocycles. The molecule has 5 nitrogen and oxygen atoms in total. The first-order valence-electron chi connectivity index (χ1n) is 11.9. The van der Waals surface area contributed by atoms with Crippen molar-refractivity contribution < 1.29 is 18.7 Å². The monoisotopic (exact) mass is 492 g/mol. The van der Waals surface area contributed by atoms with Crippen molar-refractivity contribution in [1.82, 2.24) is 10.2 Å². The molecule has 0 unspecified atom stereocenters. The Bertz CT molecular complexity index is 1340. The molecule has 5 rings (SSSR count). The summed E-state index contributed by atoms with van der Waals surface area (Å²) in [7, 11) is 0. The Labute approximate surface area is 208 Å². The molecule has 35 heavy (non-hydrogen) atoms. The number of thiophene rings is 1. The molecule has 0 radical (unpaired) electrons. The van der Waals surface area contributed by atoms with Gasteiger partial charge in [0.05, 0.1) is 5.60 Å². The number of furan rings is 1. The van der Waals surface area contributed by atoms with Gasteiger partial charge in [-0.3, -0.25) is 9.69 Å². The van der Waals surface area contributed by atoms with Gasteiger partial charge >= 0.3 is 0 Å². The van der Waals surface area contributed by atoms with E-state index in [2.05, 4.69) is 28.6 Å². The number of hydrogen-bond donors (Lipinski definition) is 2. The van der Waals surface area contributed by atoms with Gasteiger partial charge in [-0.25, -0.2) is 4.39 Å². The molecule has 182 valence electrons. The maximum atomic E-state index is 13.8. The number of hydrogen-bond acceptors (Lipinski definition) is 5. The summed E-state index contributed by atoms with van der Waals surface area (Å²) in [4.78, 5) is 16.4. The van der Waals surface area contributed by atoms with Gasteiger partial charge in [0.2, 0.25) is 0 Å². The van der Waals surface area contributed by atoms with Gasteiger partial charge in [-0.2, -0.15) is 0 Å². The van der Waals surface area contributed by atoms with Crippen molar-refractivity contribution in [2.45, 2.75) is 38.3 Å². The fraction of sp³-hybridized carbons (Fsp3) is 0.321. The first kappa shape index (κ1) is 23.7. The lowest BCUT2D eigenvalue weighted by atomic mass is 9.84. The number of likely N-dealkylation sites (tertiary alicyclic amines) is 1. The van der Waals surface area contributed by atoms with Crippen molar-refractivity contribution in [3.8, 4) is 0 Å². The molecular weight excluding hydrogens is 463 g/mol. The molecule has 0 bridgehead atoms. The summed E-state index contributed by atoms with van der Waals surface area (Å²) in [5.74, 6) is -0.405. The zero-order valence-corrected chi connectivity index (χ0v) is 20.5. The van der Waals surface area contributed by atoms with Crippen LogP contribution in [0.3, 0.4) is 0 Å². The number of nitrogens with one attached hydrogen (secondary N) is 1. The number of benzene rings is 2. The van der Waals surface area contributed by atoms with Gasteiger partial charge in [-0.1, -0.05) is 24.3 Å². The van der Waals surface area contributed by atoms with Crippen LogP contribution in [-0.2, 0) is 18.6 Å². The van der Waals surface area contributed by atoms with Crippen molar-refractivity contribution in [1.29, 1.82) is 0 Å². The average Bonchev–Trinajstić information content (AvgIpc) is 3.47. The van der Waals surface area contributed by atoms with Gasteiger partial charge in [0.1, 0.15) is 11.4 Å². The third kappa shape index (κ3) is 5.17. The van der Waals surface area contributed by atoms with Crippen LogP contribution in [0.5, 0.6) is 0 Å². The number of fused-ring (bicyclic) bond motifs is 1. The SMILES string of the molecule is Cc1ccsc1CN1CCC(O)(c2ccc3oc(C(=O)NCCc4ccccc4F)cc3c2)CC1. The van der Waals surface area contributed by atoms with Crippen molar-refractivity contribution in [2.24, 2.45) is 0 Å². The van der Waals surface area contributed by atoms with Gasteiger partial charge in [-0.05, 0) is 78.6 Å². The van der Waals surface area contributed by atoms with Crippen LogP contribution in [0, 0.1) is 12.7 Å². The number of nitrogens with zero attached hydrogens (tertiary/aromatic N) is 1. The fourth-order valence-corrected chi connectivity index (χ4v) is 5.63. The van der Waals surface area contributed by atoms with Crippen molar-refractivity contribution in [2.75, 3.05) is 19.6 Å². The molecule has 1 fully saturated rings. The topological polar surface area (TPSA) is 65.7 Å². The maximum absolute atomic E-state index is 13.8. The van der Waals surface area contributed by atoms with Crippen molar-refractivity contribution in [3.05, 3.63) is 93.1 Å². The lowest BCUT2D eigenvalue weighted by Crippen LogP contribution is -2.42. The zero-order chi connectivity index (χ0) is 24.4. The van der Waals surface area contributed by atoms with E-state index >= 15 is 0 Å². The van der Waals surface area contributed by atoms with Gasteiger partial charge in [0.15, 0.2) is 5.76 Å². The van der Waals surface area contributed by atoms with Crippen LogP contribution in [-0.4, -0.2) is 35.5 Å². The Hall–Kier alpha value is -3.00. The van der Waals surface area contributed by atoms with Crippen LogP contribution in [0.15, 0.2) is 64.4 Å². The highest BCUT2D eigenvalue weighted by Crippen LogP contribution is 2.36. The van der Waals surface area contributed by atoms with Gasteiger partial charge < -0.3 is 14.8 Å². The number of aryl methyl sites for hydroxylation is 1. The molecule has 1 amide bonds. The number of halogens is 1. The minimum absolute atomic E-state index is 0.207. The molecule has 1 aliphatic rings. The third-order valence-electron chi connectivity index (χ3n) is 6.93. The summed E-state index contributed by atoms with van der Waals surface area (Å²) < 4.78 is 19.5. The van der Waals surface area contributed by atoms with Gasteiger partial charge in [-0.15, -0.1) is 11.3 Å². The minimum atomic E-state index is -0.894. The Balaban J connectivity index is 1.22. The van der Waals surface area contributed by atoms with Gasteiger partial charge in [0, 0.05) is 36.4 Å². The Morgan fingerprint density at radius 1 is 1.17 bits per heavy atom. The second kappa shape index (κ2) is 9.93. The third-order valence-corrected chi connectivity index (χ3v) is 7.94. The summed E-state index contributed by atoms with van der Waals surface area (Å²) in [5, 5.41) is 17.1. The number of carbonyl (C=O) groups is 1. The van der Waals surface area contributed by atoms with Crippen LogP contribution in [0.25, 0.3) is 11.0 Å². The highest BCUT2D eigenvalue weighted by Gasteiger charge is 2.34. The van der Waals surface area contributed by atoms with E-state index in [0.29, 0.717) is 37.0 Å². The maximum Gasteiger partial charge on any atom is 0.287 e. The van der Waals surface area contributed by atoms with Crippen LogP contribution in [0.1, 0.15) is 45.0 Å². The van der Waals surface area contributed by atoms with Crippen LogP contribution >= 0.6 is 11.3 Å². The predicted molar refractivity (Wildman–Crippen MR) is 136 cm³/mol. The number of amides is 1. The van der Waals surface area contributed by atoms with Crippen molar-refractivity contribution >= 4 is 28.2 Å². The minimum Gasteiger partial charge on any atom is -0.451 e. The summed E-state index contributed by atoms with van der Waals surface area (Å²) in [6.45, 7) is 5.03. The molecule has 0 aliphatic carbocycles. The first-order valence-corrected chi connectivity index (χ1v) is 12.8. The number of carbonyl (C=O) groups excluding carboxylic acids is 1. The predicted octanol–water partition coefficient (Wildman–Crippen LogP) is 5.40. The van der Waals surface area contributed by atoms with Gasteiger partial charge in [0.25, 0.3) is 5.91 Å².